The van der Waals surface area contributed by atoms with Gasteiger partial charge in [-0.2, -0.15) is 0 Å². The van der Waals surface area contributed by atoms with E-state index in [1.165, 1.54) is 5.56 Å². The van der Waals surface area contributed by atoms with Gasteiger partial charge < -0.3 is 0 Å². The summed E-state index contributed by atoms with van der Waals surface area (Å²) < 4.78 is 0. The highest BCUT2D eigenvalue weighted by Gasteiger charge is 1.86. The van der Waals surface area contributed by atoms with Gasteiger partial charge in [0.1, 0.15) is 0 Å². The van der Waals surface area contributed by atoms with Crippen molar-refractivity contribution in [3.05, 3.63) is 42.3 Å². The Morgan fingerprint density at radius 3 is 2.22 bits per heavy atom. The van der Waals surface area contributed by atoms with Crippen molar-refractivity contribution in [2.24, 2.45) is 0 Å². The monoisotopic (exact) mass is 182 g/mol. The molecule has 0 amide bonds. The van der Waals surface area contributed by atoms with E-state index < -0.39 is 0 Å². The van der Waals surface area contributed by atoms with Crippen molar-refractivity contribution in [3.8, 4) is 0 Å². The largest absolute Gasteiger partial charge is 0.0876 e. The predicted octanol–water partition coefficient (Wildman–Crippen LogP) is 2.64. The van der Waals surface area contributed by atoms with Crippen molar-refractivity contribution in [1.29, 1.82) is 0 Å². The van der Waals surface area contributed by atoms with Gasteiger partial charge in [0.25, 0.3) is 0 Å². The molecule has 1 heteroatoms. The van der Waals surface area contributed by atoms with Gasteiger partial charge in [-0.05, 0) is 18.1 Å². The molecule has 1 aromatic carbocycles. The topological polar surface area (TPSA) is 0 Å². The Hall–Kier alpha value is -0.300. The Morgan fingerprint density at radius 1 is 1.22 bits per heavy atom. The molecule has 0 bridgehead atoms. The maximum Gasteiger partial charge on any atom is 0.0283 e. The van der Waals surface area contributed by atoms with Gasteiger partial charge in [0, 0.05) is 5.33 Å². The van der Waals surface area contributed by atoms with Crippen LogP contribution in [0.4, 0.5) is 0 Å². The summed E-state index contributed by atoms with van der Waals surface area (Å²) in [4.78, 5) is 0. The van der Waals surface area contributed by atoms with Crippen molar-refractivity contribution in [2.75, 3.05) is 0 Å². The zero-order valence-electron chi connectivity index (χ0n) is 4.97. The average molecular weight is 183 g/mol. The third-order valence-corrected chi connectivity index (χ3v) is 1.78. The first-order valence-electron chi connectivity index (χ1n) is 2.73. The second-order valence-corrected chi connectivity index (χ2v) is 2.44. The van der Waals surface area contributed by atoms with E-state index in [1.54, 1.807) is 0 Å². The first-order chi connectivity index (χ1) is 4.33. The van der Waals surface area contributed by atoms with Gasteiger partial charge in [-0.3, -0.25) is 0 Å². The molecule has 0 fully saturated rings. The van der Waals surface area contributed by atoms with Crippen LogP contribution in [0.15, 0.2) is 24.3 Å². The van der Waals surface area contributed by atoms with Crippen molar-refractivity contribution < 1.29 is 0 Å². The molecule has 0 nitrogen and oxygen atoms in total. The summed E-state index contributed by atoms with van der Waals surface area (Å²) in [7, 11) is 0. The molecular weight excluding hydrogens is 176 g/mol. The minimum Gasteiger partial charge on any atom is -0.0876 e. The molecular formula is C8H7Br. The molecule has 0 aliphatic carbocycles. The first-order valence-corrected chi connectivity index (χ1v) is 3.85. The number of alkyl halides is 1. The Morgan fingerprint density at radius 2 is 1.78 bits per heavy atom. The lowest BCUT2D eigenvalue weighted by atomic mass is 10.2. The van der Waals surface area contributed by atoms with Crippen LogP contribution >= 0.6 is 15.9 Å². The fraction of sp³-hybridized carbons (Fsp3) is 0.125. The zero-order valence-corrected chi connectivity index (χ0v) is 6.56. The SMILES string of the molecule is [CH]c1ccc(CBr)cc1. The average Bonchev–Trinajstić information content (AvgIpc) is 1.90. The van der Waals surface area contributed by atoms with Crippen LogP contribution in [-0.2, 0) is 5.33 Å². The summed E-state index contributed by atoms with van der Waals surface area (Å²) in [6.07, 6.45) is 0. The Bertz CT molecular complexity index is 176. The second-order valence-electron chi connectivity index (χ2n) is 1.88. The number of benzene rings is 1. The van der Waals surface area contributed by atoms with Crippen LogP contribution in [0.2, 0.25) is 0 Å². The van der Waals surface area contributed by atoms with Crippen molar-refractivity contribution >= 4 is 15.9 Å². The van der Waals surface area contributed by atoms with Crippen molar-refractivity contribution in [2.45, 2.75) is 5.33 Å². The van der Waals surface area contributed by atoms with Gasteiger partial charge in [-0.25, -0.2) is 0 Å². The highest BCUT2D eigenvalue weighted by Crippen LogP contribution is 2.05. The number of hydrogen-bond acceptors (Lipinski definition) is 0. The normalized spacial score (nSPS) is 9.56. The molecule has 0 aliphatic heterocycles. The van der Waals surface area contributed by atoms with E-state index in [4.69, 9.17) is 6.92 Å². The van der Waals surface area contributed by atoms with Crippen LogP contribution in [0.3, 0.4) is 0 Å². The molecule has 0 aromatic heterocycles. The molecule has 0 N–H and O–H groups in total. The Labute approximate surface area is 64.0 Å². The Kier molecular flexibility index (Phi) is 2.29. The number of hydrogen-bond donors (Lipinski definition) is 0. The molecule has 46 valence electrons. The summed E-state index contributed by atoms with van der Waals surface area (Å²) in [5.41, 5.74) is 2.07. The molecule has 1 aromatic rings. The minimum atomic E-state index is 0.819. The van der Waals surface area contributed by atoms with Gasteiger partial charge in [0.05, 0.1) is 0 Å². The fourth-order valence-electron chi connectivity index (χ4n) is 0.607. The van der Waals surface area contributed by atoms with Crippen LogP contribution in [0, 0.1) is 6.92 Å². The lowest BCUT2D eigenvalue weighted by Gasteiger charge is -1.93. The van der Waals surface area contributed by atoms with Crippen LogP contribution in [0.25, 0.3) is 0 Å². The first kappa shape index (κ1) is 6.81. The van der Waals surface area contributed by atoms with Gasteiger partial charge >= 0.3 is 0 Å². The number of rotatable bonds is 1. The minimum absolute atomic E-state index is 0.819. The molecule has 0 aliphatic rings. The fourth-order valence-corrected chi connectivity index (χ4v) is 0.981. The highest BCUT2D eigenvalue weighted by molar-refractivity contribution is 9.08. The Balaban J connectivity index is 2.88. The lowest BCUT2D eigenvalue weighted by Crippen LogP contribution is -1.75. The summed E-state index contributed by atoms with van der Waals surface area (Å²) in [6, 6.07) is 7.81. The molecule has 0 saturated heterocycles. The molecule has 0 spiro atoms. The highest BCUT2D eigenvalue weighted by atomic mass is 79.9. The smallest absolute Gasteiger partial charge is 0.0283 e. The van der Waals surface area contributed by atoms with E-state index in [1.807, 2.05) is 24.3 Å². The molecule has 0 unspecified atom stereocenters. The summed E-state index contributed by atoms with van der Waals surface area (Å²) >= 11 is 3.34. The standard InChI is InChI=1S/C8H7Br/c1-7-2-4-8(6-9)5-3-7/h1-5H,6H2. The van der Waals surface area contributed by atoms with Crippen LogP contribution in [-0.4, -0.2) is 0 Å². The molecule has 0 heterocycles. The molecule has 0 saturated carbocycles. The van der Waals surface area contributed by atoms with E-state index in [0.29, 0.717) is 0 Å². The maximum atomic E-state index is 5.47. The van der Waals surface area contributed by atoms with E-state index in [-0.39, 0.29) is 0 Å². The van der Waals surface area contributed by atoms with Gasteiger partial charge in [-0.1, -0.05) is 40.2 Å². The maximum absolute atomic E-state index is 5.47. The lowest BCUT2D eigenvalue weighted by molar-refractivity contribution is 1.42. The van der Waals surface area contributed by atoms with Crippen LogP contribution in [0.1, 0.15) is 11.1 Å². The third-order valence-electron chi connectivity index (χ3n) is 1.13. The summed E-state index contributed by atoms with van der Waals surface area (Å²) in [5.74, 6) is 0. The van der Waals surface area contributed by atoms with Gasteiger partial charge in [0.2, 0.25) is 0 Å². The molecule has 2 radical (unpaired) electrons. The molecule has 0 atom stereocenters. The van der Waals surface area contributed by atoms with E-state index in [9.17, 15) is 0 Å². The summed E-state index contributed by atoms with van der Waals surface area (Å²) in [6.45, 7) is 5.47. The third kappa shape index (κ3) is 1.83. The van der Waals surface area contributed by atoms with E-state index in [2.05, 4.69) is 15.9 Å². The second kappa shape index (κ2) is 3.02. The molecule has 1 rings (SSSR count). The van der Waals surface area contributed by atoms with Gasteiger partial charge in [-0.15, -0.1) is 0 Å². The molecule has 9 heavy (non-hydrogen) atoms. The van der Waals surface area contributed by atoms with Crippen molar-refractivity contribution in [1.82, 2.24) is 0 Å². The van der Waals surface area contributed by atoms with E-state index >= 15 is 0 Å². The summed E-state index contributed by atoms with van der Waals surface area (Å²) in [5, 5.41) is 0.896. The zero-order chi connectivity index (χ0) is 6.69. The quantitative estimate of drug-likeness (QED) is 0.587. The predicted molar refractivity (Wildman–Crippen MR) is 42.5 cm³/mol. The van der Waals surface area contributed by atoms with Gasteiger partial charge in [0.15, 0.2) is 0 Å². The van der Waals surface area contributed by atoms with Crippen LogP contribution < -0.4 is 0 Å². The van der Waals surface area contributed by atoms with Crippen molar-refractivity contribution in [3.63, 3.8) is 0 Å². The van der Waals surface area contributed by atoms with Crippen LogP contribution in [0.5, 0.6) is 0 Å². The van der Waals surface area contributed by atoms with E-state index in [0.717, 1.165) is 10.9 Å². The number of halogens is 1.